The standard InChI is InChI=1S/C9H19N9/c10-3-1-2-4(6(12)5(3)11)8(15,16)9(17,18)7(2,13)14/h1H,10-18H2. The van der Waals surface area contributed by atoms with Crippen LogP contribution in [0.1, 0.15) is 11.1 Å². The van der Waals surface area contributed by atoms with Gasteiger partial charge in [-0.25, -0.2) is 0 Å². The molecular weight excluding hydrogens is 234 g/mol. The number of benzene rings is 1. The fraction of sp³-hybridized carbons (Fsp3) is 0.333. The quantitative estimate of drug-likeness (QED) is 0.162. The third-order valence-electron chi connectivity index (χ3n) is 3.67. The summed E-state index contributed by atoms with van der Waals surface area (Å²) in [4.78, 5) is 0. The first-order chi connectivity index (χ1) is 7.96. The monoisotopic (exact) mass is 253 g/mol. The van der Waals surface area contributed by atoms with Crippen molar-refractivity contribution < 1.29 is 0 Å². The number of hydrogen-bond acceptors (Lipinski definition) is 9. The zero-order chi connectivity index (χ0) is 14.1. The van der Waals surface area contributed by atoms with Gasteiger partial charge >= 0.3 is 0 Å². The summed E-state index contributed by atoms with van der Waals surface area (Å²) in [5, 5.41) is 0. The van der Waals surface area contributed by atoms with Crippen molar-refractivity contribution >= 4 is 17.1 Å². The van der Waals surface area contributed by atoms with Crippen LogP contribution in [0.4, 0.5) is 17.1 Å². The summed E-state index contributed by atoms with van der Waals surface area (Å²) in [5.41, 5.74) is 48.6. The van der Waals surface area contributed by atoms with E-state index < -0.39 is 17.0 Å². The van der Waals surface area contributed by atoms with Crippen LogP contribution in [0.2, 0.25) is 0 Å². The van der Waals surface area contributed by atoms with Crippen molar-refractivity contribution in [1.82, 2.24) is 0 Å². The van der Waals surface area contributed by atoms with E-state index in [1.165, 1.54) is 6.07 Å². The van der Waals surface area contributed by atoms with Gasteiger partial charge in [-0.3, -0.25) is 0 Å². The molecule has 1 aromatic carbocycles. The number of anilines is 3. The molecule has 0 saturated carbocycles. The van der Waals surface area contributed by atoms with Gasteiger partial charge in [0.15, 0.2) is 0 Å². The molecule has 0 heterocycles. The van der Waals surface area contributed by atoms with Crippen molar-refractivity contribution in [2.45, 2.75) is 17.0 Å². The second-order valence-electron chi connectivity index (χ2n) is 4.82. The summed E-state index contributed by atoms with van der Waals surface area (Å²) in [6.07, 6.45) is 0. The molecular formula is C9H19N9. The lowest BCUT2D eigenvalue weighted by Gasteiger charge is -2.41. The molecule has 0 unspecified atom stereocenters. The molecule has 0 amide bonds. The second-order valence-corrected chi connectivity index (χ2v) is 4.82. The largest absolute Gasteiger partial charge is 0.397 e. The summed E-state index contributed by atoms with van der Waals surface area (Å²) >= 11 is 0. The van der Waals surface area contributed by atoms with E-state index in [1.54, 1.807) is 0 Å². The van der Waals surface area contributed by atoms with Crippen LogP contribution in [0.3, 0.4) is 0 Å². The van der Waals surface area contributed by atoms with Gasteiger partial charge in [-0.1, -0.05) is 0 Å². The number of hydrogen-bond donors (Lipinski definition) is 9. The molecule has 0 radical (unpaired) electrons. The summed E-state index contributed by atoms with van der Waals surface area (Å²) in [5.74, 6) is 0. The van der Waals surface area contributed by atoms with E-state index in [1.807, 2.05) is 0 Å². The maximum atomic E-state index is 5.95. The molecule has 18 N–H and O–H groups in total. The fourth-order valence-corrected chi connectivity index (χ4v) is 2.28. The van der Waals surface area contributed by atoms with Crippen LogP contribution in [-0.4, -0.2) is 5.66 Å². The molecule has 1 aromatic rings. The Balaban J connectivity index is 2.92. The molecule has 2 rings (SSSR count). The smallest absolute Gasteiger partial charge is 0.136 e. The Morgan fingerprint density at radius 2 is 1.22 bits per heavy atom. The first kappa shape index (κ1) is 12.8. The maximum absolute atomic E-state index is 5.95. The lowest BCUT2D eigenvalue weighted by atomic mass is 9.90. The Morgan fingerprint density at radius 3 is 1.72 bits per heavy atom. The average Bonchev–Trinajstić information content (AvgIpc) is 2.32. The van der Waals surface area contributed by atoms with Gasteiger partial charge in [0.2, 0.25) is 0 Å². The van der Waals surface area contributed by atoms with E-state index in [0.29, 0.717) is 5.56 Å². The number of rotatable bonds is 0. The van der Waals surface area contributed by atoms with E-state index in [9.17, 15) is 0 Å². The van der Waals surface area contributed by atoms with Crippen molar-refractivity contribution in [3.05, 3.63) is 17.2 Å². The molecule has 0 bridgehead atoms. The van der Waals surface area contributed by atoms with Gasteiger partial charge in [0.05, 0.1) is 17.1 Å². The van der Waals surface area contributed by atoms with Gasteiger partial charge in [-0.2, -0.15) is 0 Å². The van der Waals surface area contributed by atoms with Crippen LogP contribution in [0, 0.1) is 0 Å². The number of nitrogens with two attached hydrogens (primary N) is 9. The molecule has 100 valence electrons. The van der Waals surface area contributed by atoms with Crippen LogP contribution in [0.15, 0.2) is 6.07 Å². The Kier molecular flexibility index (Phi) is 2.16. The molecule has 0 aromatic heterocycles. The van der Waals surface area contributed by atoms with E-state index in [-0.39, 0.29) is 22.6 Å². The molecule has 0 saturated heterocycles. The van der Waals surface area contributed by atoms with Crippen molar-refractivity contribution in [2.75, 3.05) is 17.2 Å². The maximum Gasteiger partial charge on any atom is 0.136 e. The molecule has 0 spiro atoms. The first-order valence-corrected chi connectivity index (χ1v) is 5.18. The van der Waals surface area contributed by atoms with Crippen molar-refractivity contribution in [3.63, 3.8) is 0 Å². The zero-order valence-corrected chi connectivity index (χ0v) is 9.77. The first-order valence-electron chi connectivity index (χ1n) is 5.18. The Hall–Kier alpha value is -1.62. The van der Waals surface area contributed by atoms with Gasteiger partial charge in [0.25, 0.3) is 0 Å². The fourth-order valence-electron chi connectivity index (χ4n) is 2.28. The predicted molar refractivity (Wildman–Crippen MR) is 70.9 cm³/mol. The molecule has 9 nitrogen and oxygen atoms in total. The minimum Gasteiger partial charge on any atom is -0.397 e. The minimum absolute atomic E-state index is 0.0908. The van der Waals surface area contributed by atoms with Crippen molar-refractivity contribution in [2.24, 2.45) is 34.4 Å². The Labute approximate surface area is 104 Å². The van der Waals surface area contributed by atoms with Gasteiger partial charge in [-0.15, -0.1) is 0 Å². The number of nitrogen functional groups attached to an aromatic ring is 3. The minimum atomic E-state index is -1.81. The molecule has 1 aliphatic rings. The highest BCUT2D eigenvalue weighted by Gasteiger charge is 2.62. The predicted octanol–water partition coefficient (Wildman–Crippen LogP) is -3.80. The van der Waals surface area contributed by atoms with Crippen LogP contribution in [0.25, 0.3) is 0 Å². The van der Waals surface area contributed by atoms with Crippen LogP contribution in [-0.2, 0) is 11.3 Å². The highest BCUT2D eigenvalue weighted by atomic mass is 15.3. The third kappa shape index (κ3) is 1.10. The lowest BCUT2D eigenvalue weighted by Crippen LogP contribution is -2.82. The second kappa shape index (κ2) is 3.03. The lowest BCUT2D eigenvalue weighted by molar-refractivity contribution is 0.153. The van der Waals surface area contributed by atoms with Crippen molar-refractivity contribution in [1.29, 1.82) is 0 Å². The molecule has 0 fully saturated rings. The number of fused-ring (bicyclic) bond motifs is 1. The van der Waals surface area contributed by atoms with Crippen molar-refractivity contribution in [3.8, 4) is 0 Å². The van der Waals surface area contributed by atoms with Gasteiger partial charge in [0.1, 0.15) is 17.0 Å². The topological polar surface area (TPSA) is 234 Å². The SMILES string of the molecule is Nc1cc2c(c(N)c1N)C(N)(N)C(N)(N)C2(N)N. The zero-order valence-electron chi connectivity index (χ0n) is 9.77. The van der Waals surface area contributed by atoms with E-state index in [0.717, 1.165) is 0 Å². The van der Waals surface area contributed by atoms with E-state index >= 15 is 0 Å². The van der Waals surface area contributed by atoms with Crippen LogP contribution < -0.4 is 51.6 Å². The summed E-state index contributed by atoms with van der Waals surface area (Å²) < 4.78 is 0. The Morgan fingerprint density at radius 1 is 0.722 bits per heavy atom. The highest BCUT2D eigenvalue weighted by Crippen LogP contribution is 2.48. The van der Waals surface area contributed by atoms with Gasteiger partial charge in [-0.05, 0) is 6.07 Å². The highest BCUT2D eigenvalue weighted by molar-refractivity contribution is 5.84. The van der Waals surface area contributed by atoms with Crippen LogP contribution >= 0.6 is 0 Å². The summed E-state index contributed by atoms with van der Waals surface area (Å²) in [6.45, 7) is 0. The summed E-state index contributed by atoms with van der Waals surface area (Å²) in [7, 11) is 0. The average molecular weight is 253 g/mol. The van der Waals surface area contributed by atoms with Crippen LogP contribution in [0.5, 0.6) is 0 Å². The van der Waals surface area contributed by atoms with Gasteiger partial charge < -0.3 is 51.6 Å². The third-order valence-corrected chi connectivity index (χ3v) is 3.67. The van der Waals surface area contributed by atoms with E-state index in [2.05, 4.69) is 0 Å². The molecule has 9 heteroatoms. The normalized spacial score (nSPS) is 22.8. The molecule has 0 aliphatic heterocycles. The van der Waals surface area contributed by atoms with E-state index in [4.69, 9.17) is 51.6 Å². The molecule has 18 heavy (non-hydrogen) atoms. The molecule has 0 atom stereocenters. The molecule has 1 aliphatic carbocycles. The summed E-state index contributed by atoms with van der Waals surface area (Å²) in [6, 6.07) is 1.44. The van der Waals surface area contributed by atoms with Gasteiger partial charge in [0, 0.05) is 11.1 Å². The Bertz CT molecular complexity index is 531.